The average Bonchev–Trinajstić information content (AvgIpc) is 2.83. The minimum atomic E-state index is -0.532. The molecule has 0 saturated heterocycles. The van der Waals surface area contributed by atoms with Gasteiger partial charge in [0.05, 0.1) is 30.0 Å². The number of hydrogen-bond donors (Lipinski definition) is 1. The summed E-state index contributed by atoms with van der Waals surface area (Å²) in [6, 6.07) is 1.26. The molecule has 1 N–H and O–H groups in total. The fourth-order valence-electron chi connectivity index (χ4n) is 1.51. The molecule has 0 atom stereocenters. The van der Waals surface area contributed by atoms with Crippen molar-refractivity contribution in [3.05, 3.63) is 28.1 Å². The lowest BCUT2D eigenvalue weighted by atomic mass is 10.2. The first-order valence-electron chi connectivity index (χ1n) is 5.65. The molecule has 0 aliphatic rings. The molecule has 0 spiro atoms. The molecule has 7 nitrogen and oxygen atoms in total. The van der Waals surface area contributed by atoms with Gasteiger partial charge in [-0.15, -0.1) is 0 Å². The summed E-state index contributed by atoms with van der Waals surface area (Å²) in [6.45, 7) is 4.09. The van der Waals surface area contributed by atoms with Gasteiger partial charge >= 0.3 is 0 Å². The number of likely N-dealkylation sites (N-methyl/N-ethyl adjacent to an activating group) is 1. The van der Waals surface area contributed by atoms with Crippen LogP contribution >= 0.6 is 0 Å². The standard InChI is InChI=1S/C11H17N3O4/c1-3-13(4-5-18-2)8-11(15)10-6-9(7-12-10)14(16)17/h6-7,12H,3-5,8H2,1-2H3. The molecule has 0 aliphatic carbocycles. The van der Waals surface area contributed by atoms with E-state index in [4.69, 9.17) is 4.74 Å². The number of rotatable bonds is 8. The van der Waals surface area contributed by atoms with E-state index in [1.165, 1.54) is 12.3 Å². The van der Waals surface area contributed by atoms with Gasteiger partial charge in [0.1, 0.15) is 0 Å². The molecule has 0 bridgehead atoms. The van der Waals surface area contributed by atoms with E-state index in [9.17, 15) is 14.9 Å². The Morgan fingerprint density at radius 2 is 2.33 bits per heavy atom. The molecule has 100 valence electrons. The Kier molecular flexibility index (Phi) is 5.47. The number of carbonyl (C=O) groups excluding carboxylic acids is 1. The summed E-state index contributed by atoms with van der Waals surface area (Å²) in [5, 5.41) is 10.5. The summed E-state index contributed by atoms with van der Waals surface area (Å²) in [7, 11) is 1.60. The fourth-order valence-corrected chi connectivity index (χ4v) is 1.51. The van der Waals surface area contributed by atoms with Gasteiger partial charge in [-0.25, -0.2) is 0 Å². The maximum Gasteiger partial charge on any atom is 0.287 e. The number of hydrogen-bond acceptors (Lipinski definition) is 5. The third kappa shape index (κ3) is 3.94. The first kappa shape index (κ1) is 14.3. The molecule has 0 fully saturated rings. The van der Waals surface area contributed by atoms with Crippen molar-refractivity contribution >= 4 is 11.5 Å². The second kappa shape index (κ2) is 6.87. The third-order valence-corrected chi connectivity index (χ3v) is 2.61. The van der Waals surface area contributed by atoms with Crippen molar-refractivity contribution in [3.8, 4) is 0 Å². The van der Waals surface area contributed by atoms with E-state index in [1.807, 2.05) is 11.8 Å². The maximum absolute atomic E-state index is 11.9. The van der Waals surface area contributed by atoms with Crippen LogP contribution < -0.4 is 0 Å². The Bertz CT molecular complexity index is 416. The summed E-state index contributed by atoms with van der Waals surface area (Å²) in [5.41, 5.74) is 0.163. The van der Waals surface area contributed by atoms with Crippen LogP contribution in [-0.2, 0) is 4.74 Å². The molecule has 1 aromatic heterocycles. The molecule has 0 aromatic carbocycles. The molecule has 0 radical (unpaired) electrons. The smallest absolute Gasteiger partial charge is 0.287 e. The van der Waals surface area contributed by atoms with Crippen LogP contribution in [0.4, 0.5) is 5.69 Å². The van der Waals surface area contributed by atoms with Gasteiger partial charge in [-0.1, -0.05) is 6.92 Å². The van der Waals surface area contributed by atoms with Crippen molar-refractivity contribution in [3.63, 3.8) is 0 Å². The van der Waals surface area contributed by atoms with Crippen molar-refractivity contribution in [1.29, 1.82) is 0 Å². The number of nitrogens with one attached hydrogen (secondary N) is 1. The minimum absolute atomic E-state index is 0.0988. The number of ether oxygens (including phenoxy) is 1. The Balaban J connectivity index is 2.59. The second-order valence-corrected chi connectivity index (χ2v) is 3.81. The zero-order valence-corrected chi connectivity index (χ0v) is 10.5. The molecule has 1 rings (SSSR count). The molecular weight excluding hydrogens is 238 g/mol. The number of H-pyrrole nitrogens is 1. The van der Waals surface area contributed by atoms with Crippen LogP contribution in [0.2, 0.25) is 0 Å². The second-order valence-electron chi connectivity index (χ2n) is 3.81. The van der Waals surface area contributed by atoms with E-state index in [1.54, 1.807) is 7.11 Å². The Labute approximate surface area is 105 Å². The van der Waals surface area contributed by atoms with Crippen LogP contribution in [0, 0.1) is 10.1 Å². The van der Waals surface area contributed by atoms with Gasteiger partial charge in [0.2, 0.25) is 0 Å². The van der Waals surface area contributed by atoms with Crippen LogP contribution in [0.25, 0.3) is 0 Å². The molecule has 0 aliphatic heterocycles. The van der Waals surface area contributed by atoms with Gasteiger partial charge in [0.15, 0.2) is 5.78 Å². The largest absolute Gasteiger partial charge is 0.383 e. The van der Waals surface area contributed by atoms with Crippen LogP contribution in [0.15, 0.2) is 12.3 Å². The van der Waals surface area contributed by atoms with Crippen LogP contribution in [0.1, 0.15) is 17.4 Å². The van der Waals surface area contributed by atoms with E-state index in [0.29, 0.717) is 13.2 Å². The summed E-state index contributed by atoms with van der Waals surface area (Å²) in [4.78, 5) is 26.4. The van der Waals surface area contributed by atoms with Crippen molar-refractivity contribution < 1.29 is 14.5 Å². The molecule has 0 amide bonds. The minimum Gasteiger partial charge on any atom is -0.383 e. The molecule has 0 saturated carbocycles. The Morgan fingerprint density at radius 3 is 2.83 bits per heavy atom. The van der Waals surface area contributed by atoms with Crippen molar-refractivity contribution in [1.82, 2.24) is 9.88 Å². The van der Waals surface area contributed by atoms with E-state index < -0.39 is 4.92 Å². The quantitative estimate of drug-likeness (QED) is 0.426. The lowest BCUT2D eigenvalue weighted by Crippen LogP contribution is -2.32. The number of carbonyl (C=O) groups is 1. The van der Waals surface area contributed by atoms with Crippen LogP contribution in [0.3, 0.4) is 0 Å². The number of Topliss-reactive ketones (excluding diaryl/α,β-unsaturated/α-hetero) is 1. The van der Waals surface area contributed by atoms with Gasteiger partial charge in [-0.2, -0.15) is 0 Å². The van der Waals surface area contributed by atoms with Gasteiger partial charge in [-0.05, 0) is 6.54 Å². The summed E-state index contributed by atoms with van der Waals surface area (Å²) >= 11 is 0. The molecule has 18 heavy (non-hydrogen) atoms. The highest BCUT2D eigenvalue weighted by Gasteiger charge is 2.16. The highest BCUT2D eigenvalue weighted by Crippen LogP contribution is 2.12. The Morgan fingerprint density at radius 1 is 1.61 bits per heavy atom. The van der Waals surface area contributed by atoms with Gasteiger partial charge in [-0.3, -0.25) is 19.8 Å². The van der Waals surface area contributed by atoms with E-state index in [2.05, 4.69) is 4.98 Å². The van der Waals surface area contributed by atoms with Crippen LogP contribution in [0.5, 0.6) is 0 Å². The highest BCUT2D eigenvalue weighted by atomic mass is 16.6. The van der Waals surface area contributed by atoms with Gasteiger partial charge in [0.25, 0.3) is 5.69 Å². The predicted molar refractivity (Wildman–Crippen MR) is 65.8 cm³/mol. The molecule has 1 aromatic rings. The first-order valence-corrected chi connectivity index (χ1v) is 5.65. The normalized spacial score (nSPS) is 10.8. The molecular formula is C11H17N3O4. The molecule has 0 unspecified atom stereocenters. The number of nitrogens with zero attached hydrogens (tertiary/aromatic N) is 2. The number of ketones is 1. The van der Waals surface area contributed by atoms with E-state index in [0.717, 1.165) is 6.54 Å². The number of nitro groups is 1. The molecule has 7 heteroatoms. The van der Waals surface area contributed by atoms with Crippen molar-refractivity contribution in [2.24, 2.45) is 0 Å². The monoisotopic (exact) mass is 255 g/mol. The molecule has 1 heterocycles. The Hall–Kier alpha value is -1.73. The first-order chi connectivity index (χ1) is 8.58. The number of aromatic amines is 1. The summed E-state index contributed by atoms with van der Waals surface area (Å²) in [5.74, 6) is -0.166. The topological polar surface area (TPSA) is 88.5 Å². The summed E-state index contributed by atoms with van der Waals surface area (Å²) < 4.78 is 4.95. The van der Waals surface area contributed by atoms with E-state index in [-0.39, 0.29) is 23.7 Å². The lowest BCUT2D eigenvalue weighted by Gasteiger charge is -2.18. The van der Waals surface area contributed by atoms with Gasteiger partial charge < -0.3 is 9.72 Å². The highest BCUT2D eigenvalue weighted by molar-refractivity contribution is 5.96. The fraction of sp³-hybridized carbons (Fsp3) is 0.545. The average molecular weight is 255 g/mol. The predicted octanol–water partition coefficient (Wildman–Crippen LogP) is 1.07. The van der Waals surface area contributed by atoms with E-state index >= 15 is 0 Å². The van der Waals surface area contributed by atoms with Crippen molar-refractivity contribution in [2.45, 2.75) is 6.92 Å². The SMILES string of the molecule is CCN(CCOC)CC(=O)c1cc([N+](=O)[O-])c[nH]1. The number of aromatic nitrogens is 1. The van der Waals surface area contributed by atoms with Crippen LogP contribution in [-0.4, -0.2) is 53.9 Å². The lowest BCUT2D eigenvalue weighted by molar-refractivity contribution is -0.384. The zero-order valence-electron chi connectivity index (χ0n) is 10.5. The van der Waals surface area contributed by atoms with Gasteiger partial charge in [0, 0.05) is 19.7 Å². The van der Waals surface area contributed by atoms with Crippen molar-refractivity contribution in [2.75, 3.05) is 33.4 Å². The zero-order chi connectivity index (χ0) is 13.5. The summed E-state index contributed by atoms with van der Waals surface area (Å²) in [6.07, 6.45) is 1.22. The number of methoxy groups -OCH3 is 1. The maximum atomic E-state index is 11.9. The third-order valence-electron chi connectivity index (χ3n) is 2.61.